The van der Waals surface area contributed by atoms with E-state index in [0.29, 0.717) is 26.4 Å². The highest BCUT2D eigenvalue weighted by molar-refractivity contribution is 6.00. The minimum absolute atomic E-state index is 0.689. The van der Waals surface area contributed by atoms with E-state index >= 15 is 0 Å². The van der Waals surface area contributed by atoms with Gasteiger partial charge < -0.3 is 28.9 Å². The number of H-pyrrole nitrogens is 2. The standard InChI is InChI=1S/C112H142N12O4/c1(5-13-21-29-37-45-93-85-113-73-77-117-93)9-17-25-33-41-81-125-97-57-49-89(50-58-97)109-101-65-67-103(121-101)110(90-51-59-98(60-52-90)126-82-42-34-26-18-10-2-6-14-22-30-38-46-94-86-114-74-78-118-94)105-69-71-107(123-105)112(92-55-63-100(64-56-92)128-84-44-36-28-20-12-4-8-16-24-32-40-48-96-88-116-76-80-120-96)108-72-70-106(124-108)111(104-68-66-102(109)122-104)91-53-61-99(62-54-91)127-83-43-35-27-19-11-3-7-15-23-31-39-47-95-87-115-75-79-119-95/h49-80,85-88,121,124H,1-48,81-84H2. The molecule has 0 unspecified atom stereocenters. The van der Waals surface area contributed by atoms with Crippen molar-refractivity contribution in [1.82, 2.24) is 59.8 Å². The van der Waals surface area contributed by atoms with Crippen molar-refractivity contribution in [2.75, 3.05) is 26.4 Å². The highest BCUT2D eigenvalue weighted by Crippen LogP contribution is 2.41. The topological polar surface area (TPSA) is 197 Å². The molecule has 8 bridgehead atoms. The fraction of sp³-hybridized carbons (Fsp3) is 0.464. The average molecular weight is 1720 g/mol. The molecule has 2 aliphatic heterocycles. The predicted molar refractivity (Wildman–Crippen MR) is 529 cm³/mol. The van der Waals surface area contributed by atoms with Crippen LogP contribution in [0.2, 0.25) is 0 Å². The van der Waals surface area contributed by atoms with E-state index in [1.807, 2.05) is 24.8 Å². The zero-order valence-corrected chi connectivity index (χ0v) is 76.7. The number of aromatic nitrogens is 12. The fourth-order valence-corrected chi connectivity index (χ4v) is 17.9. The number of ether oxygens (including phenoxy) is 4. The summed E-state index contributed by atoms with van der Waals surface area (Å²) in [6.45, 7) is 2.76. The molecule has 0 saturated heterocycles. The lowest BCUT2D eigenvalue weighted by molar-refractivity contribution is 0.304. The van der Waals surface area contributed by atoms with Gasteiger partial charge in [-0.2, -0.15) is 0 Å². The molecule has 11 aromatic rings. The molecule has 128 heavy (non-hydrogen) atoms. The van der Waals surface area contributed by atoms with Crippen molar-refractivity contribution in [3.05, 3.63) is 241 Å². The Balaban J connectivity index is 0.701. The van der Waals surface area contributed by atoms with Crippen molar-refractivity contribution in [2.24, 2.45) is 0 Å². The first-order valence-corrected chi connectivity index (χ1v) is 49.7. The van der Waals surface area contributed by atoms with Gasteiger partial charge in [-0.25, -0.2) is 9.97 Å². The van der Waals surface area contributed by atoms with E-state index in [-0.39, 0.29) is 0 Å². The predicted octanol–water partition coefficient (Wildman–Crippen LogP) is 30.1. The summed E-state index contributed by atoms with van der Waals surface area (Å²) in [4.78, 5) is 54.0. The number of aromatic amines is 2. The van der Waals surface area contributed by atoms with E-state index in [1.54, 1.807) is 49.6 Å². The van der Waals surface area contributed by atoms with E-state index in [4.69, 9.17) is 28.9 Å². The van der Waals surface area contributed by atoms with Crippen LogP contribution in [0, 0.1) is 0 Å². The molecule has 9 heterocycles. The molecular formula is C112H142N12O4. The Morgan fingerprint density at radius 3 is 0.547 bits per heavy atom. The van der Waals surface area contributed by atoms with Crippen molar-refractivity contribution in [1.29, 1.82) is 0 Å². The number of unbranched alkanes of at least 4 members (excludes halogenated alkanes) is 40. The molecule has 0 aliphatic carbocycles. The highest BCUT2D eigenvalue weighted by Gasteiger charge is 2.21. The minimum Gasteiger partial charge on any atom is -0.494 e. The second kappa shape index (κ2) is 56.3. The van der Waals surface area contributed by atoms with Crippen LogP contribution in [0.15, 0.2) is 196 Å². The third-order valence-electron chi connectivity index (χ3n) is 25.2. The zero-order valence-electron chi connectivity index (χ0n) is 76.7. The van der Waals surface area contributed by atoms with Crippen LogP contribution in [0.4, 0.5) is 0 Å². The summed E-state index contributed by atoms with van der Waals surface area (Å²) in [5.74, 6) is 3.47. The average Bonchev–Trinajstić information content (AvgIpc) is 1.61. The number of fused-ring (bicyclic) bond motifs is 8. The van der Waals surface area contributed by atoms with Crippen molar-refractivity contribution < 1.29 is 18.9 Å². The van der Waals surface area contributed by atoms with E-state index in [1.165, 1.54) is 257 Å². The molecule has 0 saturated carbocycles. The summed E-state index contributed by atoms with van der Waals surface area (Å²) in [5, 5.41) is 0. The summed E-state index contributed by atoms with van der Waals surface area (Å²) in [6, 6.07) is 43.5. The quantitative estimate of drug-likeness (QED) is 0.0341. The van der Waals surface area contributed by atoms with Gasteiger partial charge in [-0.05, 0) is 196 Å². The first-order valence-electron chi connectivity index (χ1n) is 49.7. The lowest BCUT2D eigenvalue weighted by Crippen LogP contribution is -1.97. The number of rotatable bonds is 64. The largest absolute Gasteiger partial charge is 0.494 e. The molecule has 2 N–H and O–H groups in total. The normalized spacial score (nSPS) is 11.8. The van der Waals surface area contributed by atoms with Crippen LogP contribution in [0.25, 0.3) is 90.9 Å². The van der Waals surface area contributed by atoms with Crippen molar-refractivity contribution in [3.8, 4) is 67.5 Å². The van der Waals surface area contributed by atoms with Crippen LogP contribution in [0.1, 0.15) is 328 Å². The molecule has 4 aromatic carbocycles. The van der Waals surface area contributed by atoms with Gasteiger partial charge in [0.25, 0.3) is 0 Å². The Morgan fingerprint density at radius 2 is 0.367 bits per heavy atom. The molecule has 0 atom stereocenters. The summed E-state index contributed by atoms with van der Waals surface area (Å²) >= 11 is 0. The maximum absolute atomic E-state index is 6.50. The monoisotopic (exact) mass is 1720 g/mol. The second-order valence-electron chi connectivity index (χ2n) is 35.3. The van der Waals surface area contributed by atoms with Gasteiger partial charge in [0.1, 0.15) is 23.0 Å². The number of nitrogens with one attached hydrogen (secondary N) is 2. The first kappa shape index (κ1) is 94.6. The number of hydrogen-bond donors (Lipinski definition) is 2. The van der Waals surface area contributed by atoms with Gasteiger partial charge in [-0.3, -0.25) is 39.9 Å². The third kappa shape index (κ3) is 32.9. The Kier molecular flexibility index (Phi) is 41.6. The van der Waals surface area contributed by atoms with Gasteiger partial charge in [0.15, 0.2) is 0 Å². The van der Waals surface area contributed by atoms with Crippen molar-refractivity contribution >= 4 is 46.4 Å². The van der Waals surface area contributed by atoms with E-state index < -0.39 is 0 Å². The van der Waals surface area contributed by atoms with Crippen molar-refractivity contribution in [2.45, 2.75) is 308 Å². The Labute approximate surface area is 763 Å². The van der Waals surface area contributed by atoms with Crippen LogP contribution in [0.5, 0.6) is 23.0 Å². The molecule has 13 rings (SSSR count). The Morgan fingerprint density at radius 1 is 0.188 bits per heavy atom. The van der Waals surface area contributed by atoms with E-state index in [2.05, 4.69) is 195 Å². The van der Waals surface area contributed by atoms with Gasteiger partial charge >= 0.3 is 0 Å². The first-order chi connectivity index (χ1) is 63.6. The maximum atomic E-state index is 6.50. The fourth-order valence-electron chi connectivity index (χ4n) is 17.9. The van der Waals surface area contributed by atoms with E-state index in [0.717, 1.165) is 186 Å². The lowest BCUT2D eigenvalue weighted by Gasteiger charge is -2.10. The maximum Gasteiger partial charge on any atom is 0.119 e. The van der Waals surface area contributed by atoms with Crippen LogP contribution in [-0.4, -0.2) is 86.2 Å². The molecule has 0 spiro atoms. The molecule has 2 aliphatic rings. The van der Waals surface area contributed by atoms with Crippen LogP contribution in [0.3, 0.4) is 0 Å². The molecule has 7 aromatic heterocycles. The molecule has 0 fully saturated rings. The molecule has 16 nitrogen and oxygen atoms in total. The number of nitrogens with zero attached hydrogens (tertiary/aromatic N) is 10. The third-order valence-corrected chi connectivity index (χ3v) is 25.2. The van der Waals surface area contributed by atoms with Crippen LogP contribution >= 0.6 is 0 Å². The van der Waals surface area contributed by atoms with Gasteiger partial charge in [-0.1, -0.05) is 280 Å². The highest BCUT2D eigenvalue weighted by atomic mass is 16.5. The lowest BCUT2D eigenvalue weighted by atomic mass is 10.0. The summed E-state index contributed by atoms with van der Waals surface area (Å²) in [6.07, 6.45) is 89.6. The summed E-state index contributed by atoms with van der Waals surface area (Å²) in [7, 11) is 0. The Hall–Kier alpha value is -11.0. The number of hydrogen-bond acceptors (Lipinski definition) is 14. The molecule has 0 radical (unpaired) electrons. The Bertz CT molecular complexity index is 4510. The molecule has 674 valence electrons. The van der Waals surface area contributed by atoms with Gasteiger partial charge in [0.2, 0.25) is 0 Å². The van der Waals surface area contributed by atoms with Gasteiger partial charge in [0.05, 0.1) is 72.0 Å². The molecule has 0 amide bonds. The minimum atomic E-state index is 0.689. The van der Waals surface area contributed by atoms with Crippen LogP contribution < -0.4 is 18.9 Å². The SMILES string of the molecule is C1=Cc2nc1c(-c1ccc(OCCCCCCCCCCCCCc3cnccn3)cc1)c1ccc([nH]1)c(-c1ccc(OCCCCCCCCCCCCCc3cnccn3)cc1)c1nc(c(-c3ccc(OCCCCCCCCCCCCCc4cnccn4)cc3)c3ccc([nH]3)c2-c2ccc(OCCCCCCCCCCCCCc3cnccn3)cc2)C=C1. The van der Waals surface area contributed by atoms with E-state index in [9.17, 15) is 0 Å². The second-order valence-corrected chi connectivity index (χ2v) is 35.3. The van der Waals surface area contributed by atoms with Gasteiger partial charge in [-0.15, -0.1) is 0 Å². The number of aryl methyl sites for hydroxylation is 4. The zero-order chi connectivity index (χ0) is 87.4. The van der Waals surface area contributed by atoms with Crippen LogP contribution in [-0.2, 0) is 25.7 Å². The summed E-state index contributed by atoms with van der Waals surface area (Å²) < 4.78 is 26.0. The number of benzene rings is 4. The molecule has 16 heteroatoms. The van der Waals surface area contributed by atoms with Gasteiger partial charge in [0, 0.05) is 119 Å². The van der Waals surface area contributed by atoms with Crippen molar-refractivity contribution in [3.63, 3.8) is 0 Å². The smallest absolute Gasteiger partial charge is 0.119 e. The molecular weight excluding hydrogens is 1580 g/mol. The summed E-state index contributed by atoms with van der Waals surface area (Å²) in [5.41, 5.74) is 19.7.